The van der Waals surface area contributed by atoms with Crippen molar-refractivity contribution in [3.63, 3.8) is 0 Å². The topological polar surface area (TPSA) is 55.4 Å². The average Bonchev–Trinajstić information content (AvgIpc) is 3.17. The van der Waals surface area contributed by atoms with Crippen LogP contribution in [-0.4, -0.2) is 24.3 Å². The lowest BCUT2D eigenvalue weighted by atomic mass is 9.99. The Morgan fingerprint density at radius 1 is 0.889 bits per heavy atom. The van der Waals surface area contributed by atoms with Gasteiger partial charge in [0.25, 0.3) is 0 Å². The van der Waals surface area contributed by atoms with E-state index in [1.807, 2.05) is 17.8 Å². The van der Waals surface area contributed by atoms with Gasteiger partial charge in [-0.25, -0.2) is 9.50 Å². The van der Waals surface area contributed by atoms with Crippen LogP contribution in [0.2, 0.25) is 0 Å². The zero-order chi connectivity index (χ0) is 19.3. The van der Waals surface area contributed by atoms with Crippen LogP contribution < -0.4 is 0 Å². The number of benzene rings is 2. The molecule has 0 atom stereocenters. The van der Waals surface area contributed by atoms with Gasteiger partial charge in [-0.05, 0) is 49.9 Å². The first kappa shape index (κ1) is 17.5. The van der Waals surface area contributed by atoms with Gasteiger partial charge in [0.1, 0.15) is 5.60 Å². The van der Waals surface area contributed by atoms with Gasteiger partial charge in [0, 0.05) is 12.6 Å². The van der Waals surface area contributed by atoms with Crippen LogP contribution >= 0.6 is 0 Å². The molecular formula is C22H24N4O. The van der Waals surface area contributed by atoms with E-state index in [-0.39, 0.29) is 0 Å². The van der Waals surface area contributed by atoms with Crippen molar-refractivity contribution < 1.29 is 5.11 Å². The first-order valence-corrected chi connectivity index (χ1v) is 9.07. The summed E-state index contributed by atoms with van der Waals surface area (Å²) in [6.07, 6.45) is 1.90. The summed E-state index contributed by atoms with van der Waals surface area (Å²) < 4.78 is 3.55. The lowest BCUT2D eigenvalue weighted by Crippen LogP contribution is -2.21. The van der Waals surface area contributed by atoms with Crippen LogP contribution in [-0.2, 0) is 12.6 Å². The first-order chi connectivity index (χ1) is 12.7. The maximum Gasteiger partial charge on any atom is 0.232 e. The molecule has 0 bridgehead atoms. The summed E-state index contributed by atoms with van der Waals surface area (Å²) in [5, 5.41) is 14.7. The molecule has 2 aromatic carbocycles. The molecule has 0 saturated carbocycles. The highest BCUT2D eigenvalue weighted by Gasteiger charge is 2.25. The van der Waals surface area contributed by atoms with Gasteiger partial charge in [0.05, 0.1) is 11.9 Å². The number of hydrogen-bond acceptors (Lipinski definition) is 3. The molecule has 0 saturated heterocycles. The molecule has 2 aromatic heterocycles. The quantitative estimate of drug-likeness (QED) is 0.594. The van der Waals surface area contributed by atoms with Gasteiger partial charge >= 0.3 is 0 Å². The molecule has 4 aromatic rings. The molecule has 4 rings (SSSR count). The average molecular weight is 360 g/mol. The molecule has 5 nitrogen and oxygen atoms in total. The molecule has 0 spiro atoms. The van der Waals surface area contributed by atoms with Gasteiger partial charge in [-0.2, -0.15) is 0 Å². The molecule has 5 heteroatoms. The molecule has 0 amide bonds. The van der Waals surface area contributed by atoms with Crippen LogP contribution in [0.15, 0.2) is 48.7 Å². The van der Waals surface area contributed by atoms with E-state index in [1.54, 1.807) is 18.4 Å². The summed E-state index contributed by atoms with van der Waals surface area (Å²) >= 11 is 0. The molecule has 1 N–H and O–H groups in total. The van der Waals surface area contributed by atoms with Crippen LogP contribution in [0.4, 0.5) is 0 Å². The molecule has 2 heterocycles. The zero-order valence-corrected chi connectivity index (χ0v) is 16.4. The lowest BCUT2D eigenvalue weighted by Gasteiger charge is -2.15. The van der Waals surface area contributed by atoms with E-state index >= 15 is 0 Å². The van der Waals surface area contributed by atoms with Crippen molar-refractivity contribution in [1.29, 1.82) is 0 Å². The second kappa shape index (κ2) is 6.06. The molecule has 0 aliphatic rings. The fourth-order valence-corrected chi connectivity index (χ4v) is 3.35. The van der Waals surface area contributed by atoms with E-state index in [0.29, 0.717) is 11.6 Å². The summed E-state index contributed by atoms with van der Waals surface area (Å²) in [7, 11) is 1.87. The van der Waals surface area contributed by atoms with E-state index in [4.69, 9.17) is 4.98 Å². The molecule has 0 fully saturated rings. The molecular weight excluding hydrogens is 336 g/mol. The van der Waals surface area contributed by atoms with E-state index in [1.165, 1.54) is 22.3 Å². The normalized spacial score (nSPS) is 12.1. The molecule has 138 valence electrons. The highest BCUT2D eigenvalue weighted by atomic mass is 16.3. The second-order valence-electron chi connectivity index (χ2n) is 7.69. The maximum absolute atomic E-state index is 10.2. The number of hydrogen-bond donors (Lipinski definition) is 1. The van der Waals surface area contributed by atoms with Gasteiger partial charge in [-0.15, -0.1) is 5.10 Å². The fraction of sp³-hybridized carbons (Fsp3) is 0.273. The minimum atomic E-state index is -1.01. The van der Waals surface area contributed by atoms with Gasteiger partial charge in [-0.1, -0.05) is 42.5 Å². The van der Waals surface area contributed by atoms with Crippen molar-refractivity contribution in [2.24, 2.45) is 7.05 Å². The van der Waals surface area contributed by atoms with E-state index < -0.39 is 5.60 Å². The molecule has 0 aliphatic heterocycles. The van der Waals surface area contributed by atoms with Gasteiger partial charge in [-0.3, -0.25) is 4.57 Å². The van der Waals surface area contributed by atoms with E-state index in [2.05, 4.69) is 61.4 Å². The third-order valence-electron chi connectivity index (χ3n) is 5.06. The Bertz CT molecular complexity index is 1130. The Morgan fingerprint density at radius 3 is 2.11 bits per heavy atom. The molecule has 27 heavy (non-hydrogen) atoms. The lowest BCUT2D eigenvalue weighted by molar-refractivity contribution is 0.0654. The van der Waals surface area contributed by atoms with Gasteiger partial charge in [0.15, 0.2) is 5.82 Å². The Morgan fingerprint density at radius 2 is 1.52 bits per heavy atom. The minimum absolute atomic E-state index is 0.585. The van der Waals surface area contributed by atoms with E-state index in [0.717, 1.165) is 11.3 Å². The van der Waals surface area contributed by atoms with Crippen molar-refractivity contribution in [3.8, 4) is 22.4 Å². The summed E-state index contributed by atoms with van der Waals surface area (Å²) in [5.74, 6) is 1.29. The van der Waals surface area contributed by atoms with Crippen LogP contribution in [0, 0.1) is 13.8 Å². The van der Waals surface area contributed by atoms with Crippen LogP contribution in [0.25, 0.3) is 28.2 Å². The number of aryl methyl sites for hydroxylation is 3. The fourth-order valence-electron chi connectivity index (χ4n) is 3.35. The highest BCUT2D eigenvalue weighted by molar-refractivity contribution is 5.70. The van der Waals surface area contributed by atoms with E-state index in [9.17, 15) is 5.11 Å². The summed E-state index contributed by atoms with van der Waals surface area (Å²) in [4.78, 5) is 4.70. The SMILES string of the molecule is Cc1ccc(-c2ccc(-c3cn4nc(C(C)(C)O)n(C)c4n3)cc2)cc1C. The smallest absolute Gasteiger partial charge is 0.232 e. The van der Waals surface area contributed by atoms with Crippen LogP contribution in [0.1, 0.15) is 30.8 Å². The number of aromatic nitrogens is 4. The maximum atomic E-state index is 10.2. The van der Waals surface area contributed by atoms with Crippen molar-refractivity contribution in [3.05, 3.63) is 65.6 Å². The van der Waals surface area contributed by atoms with Gasteiger partial charge < -0.3 is 5.11 Å². The van der Waals surface area contributed by atoms with Crippen LogP contribution in [0.3, 0.4) is 0 Å². The second-order valence-corrected chi connectivity index (χ2v) is 7.69. The highest BCUT2D eigenvalue weighted by Crippen LogP contribution is 2.27. The number of nitrogens with zero attached hydrogens (tertiary/aromatic N) is 4. The molecule has 0 aliphatic carbocycles. The summed E-state index contributed by atoms with van der Waals surface area (Å²) in [6.45, 7) is 7.71. The zero-order valence-electron chi connectivity index (χ0n) is 16.4. The summed E-state index contributed by atoms with van der Waals surface area (Å²) in [6, 6.07) is 15.0. The van der Waals surface area contributed by atoms with Crippen LogP contribution in [0.5, 0.6) is 0 Å². The third kappa shape index (κ3) is 3.04. The van der Waals surface area contributed by atoms with Crippen molar-refractivity contribution in [2.75, 3.05) is 0 Å². The Hall–Kier alpha value is -2.92. The summed E-state index contributed by atoms with van der Waals surface area (Å²) in [5.41, 5.74) is 5.90. The Kier molecular flexibility index (Phi) is 3.93. The predicted octanol–water partition coefficient (Wildman–Crippen LogP) is 4.25. The largest absolute Gasteiger partial charge is 0.382 e. The molecule has 0 radical (unpaired) electrons. The van der Waals surface area contributed by atoms with Gasteiger partial charge in [0.2, 0.25) is 5.78 Å². The monoisotopic (exact) mass is 360 g/mol. The minimum Gasteiger partial charge on any atom is -0.382 e. The third-order valence-corrected chi connectivity index (χ3v) is 5.06. The predicted molar refractivity (Wildman–Crippen MR) is 108 cm³/mol. The van der Waals surface area contributed by atoms with Crippen molar-refractivity contribution in [1.82, 2.24) is 19.2 Å². The number of rotatable bonds is 3. The molecule has 0 unspecified atom stereocenters. The first-order valence-electron chi connectivity index (χ1n) is 9.07. The number of imidazole rings is 1. The Balaban J connectivity index is 1.68. The number of fused-ring (bicyclic) bond motifs is 1. The number of aliphatic hydroxyl groups is 1. The van der Waals surface area contributed by atoms with Crippen molar-refractivity contribution in [2.45, 2.75) is 33.3 Å². The van der Waals surface area contributed by atoms with Crippen molar-refractivity contribution >= 4 is 5.78 Å². The standard InChI is InChI=1S/C22H24N4O/c1-14-6-7-18(12-15(14)2)16-8-10-17(11-9-16)19-13-26-21(23-19)25(5)20(24-26)22(3,4)27/h6-13,27H,1-5H3. The Labute approximate surface area is 158 Å².